The van der Waals surface area contributed by atoms with Crippen molar-refractivity contribution in [2.75, 3.05) is 33.4 Å². The first kappa shape index (κ1) is 17.1. The van der Waals surface area contributed by atoms with Crippen LogP contribution in [0.3, 0.4) is 0 Å². The minimum atomic E-state index is 0.506. The zero-order chi connectivity index (χ0) is 17.9. The number of hydrogen-bond acceptors (Lipinski definition) is 5. The smallest absolute Gasteiger partial charge is 0.139 e. The molecule has 134 valence electrons. The molecule has 2 heterocycles. The van der Waals surface area contributed by atoms with E-state index < -0.39 is 0 Å². The second-order valence-electron chi connectivity index (χ2n) is 6.34. The average Bonchev–Trinajstić information content (AvgIpc) is 3.33. The van der Waals surface area contributed by atoms with Gasteiger partial charge in [0.15, 0.2) is 0 Å². The lowest BCUT2D eigenvalue weighted by atomic mass is 9.97. The molecule has 4 nitrogen and oxygen atoms in total. The number of aliphatic imine (C=N–C) groups is 1. The highest BCUT2D eigenvalue weighted by atomic mass is 32.1. The lowest BCUT2D eigenvalue weighted by Crippen LogP contribution is -2.21. The third-order valence-corrected chi connectivity index (χ3v) is 5.51. The standard InChI is InChI=1S/C21H22N2O2S/c1-14-11-18(26-13-14)19-16-6-4-3-5-15(16)12-17(21-22-7-8-23-21)20(19)25-10-9-24-2/h3-6,11-13H,7-10H2,1-2H3,(H,22,23). The van der Waals surface area contributed by atoms with Gasteiger partial charge in [-0.25, -0.2) is 0 Å². The Hall–Kier alpha value is -2.37. The average molecular weight is 366 g/mol. The third-order valence-electron chi connectivity index (χ3n) is 4.44. The van der Waals surface area contributed by atoms with E-state index in [-0.39, 0.29) is 0 Å². The number of aryl methyl sites for hydroxylation is 1. The fourth-order valence-corrected chi connectivity index (χ4v) is 4.22. The molecular formula is C21H22N2O2S. The van der Waals surface area contributed by atoms with Crippen LogP contribution in [0.1, 0.15) is 11.1 Å². The molecule has 1 N–H and O–H groups in total. The molecule has 0 saturated heterocycles. The van der Waals surface area contributed by atoms with Crippen LogP contribution in [0.4, 0.5) is 0 Å². The molecule has 0 fully saturated rings. The molecule has 1 aliphatic heterocycles. The molecule has 1 aromatic heterocycles. The van der Waals surface area contributed by atoms with E-state index in [1.165, 1.54) is 21.2 Å². The van der Waals surface area contributed by atoms with Gasteiger partial charge in [0.2, 0.25) is 0 Å². The van der Waals surface area contributed by atoms with Gasteiger partial charge in [-0.3, -0.25) is 4.99 Å². The molecule has 0 amide bonds. The van der Waals surface area contributed by atoms with E-state index in [2.05, 4.69) is 59.0 Å². The molecule has 0 spiro atoms. The summed E-state index contributed by atoms with van der Waals surface area (Å²) in [5.41, 5.74) is 3.43. The molecule has 0 atom stereocenters. The van der Waals surface area contributed by atoms with Crippen LogP contribution >= 0.6 is 11.3 Å². The zero-order valence-electron chi connectivity index (χ0n) is 15.0. The number of hydrogen-bond donors (Lipinski definition) is 1. The Labute approximate surface area is 157 Å². The molecule has 0 unspecified atom stereocenters. The van der Waals surface area contributed by atoms with E-state index >= 15 is 0 Å². The number of nitrogens with one attached hydrogen (secondary N) is 1. The molecule has 3 aromatic rings. The lowest BCUT2D eigenvalue weighted by Gasteiger charge is -2.18. The predicted molar refractivity (Wildman–Crippen MR) is 109 cm³/mol. The zero-order valence-corrected chi connectivity index (χ0v) is 15.9. The topological polar surface area (TPSA) is 42.9 Å². The van der Waals surface area contributed by atoms with Gasteiger partial charge in [0, 0.05) is 24.1 Å². The first-order valence-corrected chi connectivity index (χ1v) is 9.67. The van der Waals surface area contributed by atoms with Crippen LogP contribution in [0.25, 0.3) is 21.2 Å². The SMILES string of the molecule is COCCOc1c(C2=NCCN2)cc2ccccc2c1-c1cc(C)cs1. The summed E-state index contributed by atoms with van der Waals surface area (Å²) >= 11 is 1.75. The minimum Gasteiger partial charge on any atom is -0.490 e. The molecule has 5 heteroatoms. The van der Waals surface area contributed by atoms with E-state index in [0.717, 1.165) is 35.8 Å². The number of ether oxygens (including phenoxy) is 2. The Morgan fingerprint density at radius 1 is 1.19 bits per heavy atom. The molecule has 26 heavy (non-hydrogen) atoms. The van der Waals surface area contributed by atoms with Gasteiger partial charge in [-0.05, 0) is 40.8 Å². The van der Waals surface area contributed by atoms with E-state index in [1.807, 2.05) is 0 Å². The van der Waals surface area contributed by atoms with Gasteiger partial charge in [-0.2, -0.15) is 0 Å². The summed E-state index contributed by atoms with van der Waals surface area (Å²) in [6.45, 7) is 4.85. The summed E-state index contributed by atoms with van der Waals surface area (Å²) < 4.78 is 11.5. The van der Waals surface area contributed by atoms with Gasteiger partial charge < -0.3 is 14.8 Å². The maximum absolute atomic E-state index is 6.25. The second-order valence-corrected chi connectivity index (χ2v) is 7.25. The van der Waals surface area contributed by atoms with Crippen molar-refractivity contribution in [3.63, 3.8) is 0 Å². The Kier molecular flexibility index (Phi) is 4.91. The van der Waals surface area contributed by atoms with Crippen LogP contribution in [-0.2, 0) is 4.74 Å². The summed E-state index contributed by atoms with van der Waals surface area (Å²) in [6.07, 6.45) is 0. The highest BCUT2D eigenvalue weighted by Gasteiger charge is 2.22. The molecule has 0 aliphatic carbocycles. The molecule has 4 rings (SSSR count). The second kappa shape index (κ2) is 7.48. The fourth-order valence-electron chi connectivity index (χ4n) is 3.27. The molecule has 0 radical (unpaired) electrons. The normalized spacial score (nSPS) is 13.7. The summed E-state index contributed by atoms with van der Waals surface area (Å²) in [5.74, 6) is 1.80. The molecular weight excluding hydrogens is 344 g/mol. The van der Waals surface area contributed by atoms with Crippen molar-refractivity contribution in [1.29, 1.82) is 0 Å². The first-order chi connectivity index (χ1) is 12.8. The molecule has 2 aromatic carbocycles. The van der Waals surface area contributed by atoms with Crippen molar-refractivity contribution in [1.82, 2.24) is 5.32 Å². The number of rotatable bonds is 6. The van der Waals surface area contributed by atoms with Gasteiger partial charge in [-0.15, -0.1) is 11.3 Å². The number of benzene rings is 2. The third kappa shape index (κ3) is 3.20. The maximum atomic E-state index is 6.25. The van der Waals surface area contributed by atoms with Crippen LogP contribution in [0, 0.1) is 6.92 Å². The highest BCUT2D eigenvalue weighted by molar-refractivity contribution is 7.13. The van der Waals surface area contributed by atoms with Gasteiger partial charge in [0.1, 0.15) is 18.2 Å². The van der Waals surface area contributed by atoms with E-state index in [9.17, 15) is 0 Å². The summed E-state index contributed by atoms with van der Waals surface area (Å²) in [6, 6.07) is 12.9. The fraction of sp³-hybridized carbons (Fsp3) is 0.286. The van der Waals surface area contributed by atoms with E-state index in [1.54, 1.807) is 18.4 Å². The van der Waals surface area contributed by atoms with Gasteiger partial charge >= 0.3 is 0 Å². The molecule has 0 saturated carbocycles. The number of fused-ring (bicyclic) bond motifs is 1. The Morgan fingerprint density at radius 3 is 2.81 bits per heavy atom. The number of methoxy groups -OCH3 is 1. The van der Waals surface area contributed by atoms with E-state index in [0.29, 0.717) is 13.2 Å². The lowest BCUT2D eigenvalue weighted by molar-refractivity contribution is 0.146. The van der Waals surface area contributed by atoms with Gasteiger partial charge in [0.05, 0.1) is 18.7 Å². The van der Waals surface area contributed by atoms with Crippen molar-refractivity contribution >= 4 is 27.9 Å². The summed E-state index contributed by atoms with van der Waals surface area (Å²) in [4.78, 5) is 5.85. The number of thiophene rings is 1. The van der Waals surface area contributed by atoms with Crippen molar-refractivity contribution in [2.45, 2.75) is 6.92 Å². The number of nitrogens with zero attached hydrogens (tertiary/aromatic N) is 1. The first-order valence-electron chi connectivity index (χ1n) is 8.79. The van der Waals surface area contributed by atoms with E-state index in [4.69, 9.17) is 9.47 Å². The Bertz CT molecular complexity index is 962. The summed E-state index contributed by atoms with van der Waals surface area (Å²) in [5, 5.41) is 7.97. The largest absolute Gasteiger partial charge is 0.490 e. The Balaban J connectivity index is 1.97. The van der Waals surface area contributed by atoms with Crippen LogP contribution in [0.15, 0.2) is 46.8 Å². The van der Waals surface area contributed by atoms with Crippen LogP contribution < -0.4 is 10.1 Å². The quantitative estimate of drug-likeness (QED) is 0.663. The van der Waals surface area contributed by atoms with Crippen LogP contribution in [0.2, 0.25) is 0 Å². The highest BCUT2D eigenvalue weighted by Crippen LogP contribution is 2.43. The number of amidine groups is 1. The van der Waals surface area contributed by atoms with Gasteiger partial charge in [0.25, 0.3) is 0 Å². The summed E-state index contributed by atoms with van der Waals surface area (Å²) in [7, 11) is 1.69. The van der Waals surface area contributed by atoms with Gasteiger partial charge in [-0.1, -0.05) is 24.3 Å². The van der Waals surface area contributed by atoms with Crippen LogP contribution in [-0.4, -0.2) is 39.2 Å². The predicted octanol–water partition coefficient (Wildman–Crippen LogP) is 4.25. The minimum absolute atomic E-state index is 0.506. The Morgan fingerprint density at radius 2 is 2.08 bits per heavy atom. The molecule has 1 aliphatic rings. The monoisotopic (exact) mass is 366 g/mol. The van der Waals surface area contributed by atoms with Crippen molar-refractivity contribution in [2.24, 2.45) is 4.99 Å². The van der Waals surface area contributed by atoms with Crippen LogP contribution in [0.5, 0.6) is 5.75 Å². The maximum Gasteiger partial charge on any atom is 0.139 e. The van der Waals surface area contributed by atoms with Crippen molar-refractivity contribution in [3.05, 3.63) is 52.9 Å². The molecule has 0 bridgehead atoms. The van der Waals surface area contributed by atoms with Crippen molar-refractivity contribution < 1.29 is 9.47 Å². The van der Waals surface area contributed by atoms with Crippen molar-refractivity contribution in [3.8, 4) is 16.2 Å².